The van der Waals surface area contributed by atoms with Crippen molar-refractivity contribution in [1.29, 1.82) is 0 Å². The first kappa shape index (κ1) is 11.8. The molecule has 7 heteroatoms. The first-order valence-electron chi connectivity index (χ1n) is 4.50. The van der Waals surface area contributed by atoms with Crippen molar-refractivity contribution in [1.82, 2.24) is 0 Å². The lowest BCUT2D eigenvalue weighted by molar-refractivity contribution is 0.0978. The zero-order valence-corrected chi connectivity index (χ0v) is 9.92. The molecule has 17 heavy (non-hydrogen) atoms. The molecule has 1 aromatic carbocycles. The summed E-state index contributed by atoms with van der Waals surface area (Å²) in [5.74, 6) is -0.966. The van der Waals surface area contributed by atoms with E-state index in [1.165, 1.54) is 12.1 Å². The predicted octanol–water partition coefficient (Wildman–Crippen LogP) is 2.15. The molecule has 0 radical (unpaired) electrons. The van der Waals surface area contributed by atoms with Gasteiger partial charge in [0.2, 0.25) is 0 Å². The van der Waals surface area contributed by atoms with Crippen LogP contribution in [0.25, 0.3) is 11.0 Å². The van der Waals surface area contributed by atoms with E-state index in [-0.39, 0.29) is 11.7 Å². The number of carbonyl (C=O) groups is 1. The van der Waals surface area contributed by atoms with E-state index in [4.69, 9.17) is 39.1 Å². The fourth-order valence-corrected chi connectivity index (χ4v) is 1.64. The molecule has 4 N–H and O–H groups in total. The lowest BCUT2D eigenvalue weighted by Crippen LogP contribution is -2.24. The topological polar surface area (TPSA) is 94.6 Å². The number of nitrogens with two attached hydrogens (primary N) is 2. The van der Waals surface area contributed by atoms with Gasteiger partial charge in [0, 0.05) is 11.5 Å². The van der Waals surface area contributed by atoms with Gasteiger partial charge in [0.1, 0.15) is 5.58 Å². The molecule has 0 fully saturated rings. The quantitative estimate of drug-likeness (QED) is 0.614. The Morgan fingerprint density at radius 2 is 1.82 bits per heavy atom. The van der Waals surface area contributed by atoms with E-state index >= 15 is 0 Å². The monoisotopic (exact) mass is 271 g/mol. The highest BCUT2D eigenvalue weighted by molar-refractivity contribution is 6.42. The number of furan rings is 1. The number of carbonyl (C=O) groups excluding carboxylic acids is 1. The molecule has 0 saturated carbocycles. The fraction of sp³-hybridized carbons (Fsp3) is 0. The molecule has 0 atom stereocenters. The average molecular weight is 272 g/mol. The van der Waals surface area contributed by atoms with Crippen LogP contribution >= 0.6 is 23.2 Å². The van der Waals surface area contributed by atoms with E-state index in [0.29, 0.717) is 21.0 Å². The van der Waals surface area contributed by atoms with Crippen molar-refractivity contribution in [2.75, 3.05) is 0 Å². The number of hydrogen-bond donors (Lipinski definition) is 2. The van der Waals surface area contributed by atoms with E-state index < -0.39 is 5.91 Å². The van der Waals surface area contributed by atoms with Crippen LogP contribution in [-0.4, -0.2) is 11.9 Å². The van der Waals surface area contributed by atoms with Crippen LogP contribution in [0.5, 0.6) is 0 Å². The summed E-state index contributed by atoms with van der Waals surface area (Å²) in [7, 11) is 0. The standard InChI is InChI=1S/C10H7Cl2N3O2/c11-5-1-4-2-8(9(16)15-10(13)14)17-7(4)3-6(5)12/h1-3H,(H4,13,14,15,16). The van der Waals surface area contributed by atoms with Gasteiger partial charge < -0.3 is 15.9 Å². The second-order valence-corrected chi connectivity index (χ2v) is 4.07. The Morgan fingerprint density at radius 3 is 2.47 bits per heavy atom. The van der Waals surface area contributed by atoms with Crippen LogP contribution in [0, 0.1) is 0 Å². The maximum atomic E-state index is 11.5. The number of nitrogens with zero attached hydrogens (tertiary/aromatic N) is 1. The maximum Gasteiger partial charge on any atom is 0.315 e. The molecule has 5 nitrogen and oxygen atoms in total. The van der Waals surface area contributed by atoms with Crippen LogP contribution in [0.4, 0.5) is 0 Å². The first-order valence-corrected chi connectivity index (χ1v) is 5.25. The van der Waals surface area contributed by atoms with E-state index in [0.717, 1.165) is 0 Å². The summed E-state index contributed by atoms with van der Waals surface area (Å²) in [5.41, 5.74) is 10.6. The van der Waals surface area contributed by atoms with E-state index in [1.807, 2.05) is 0 Å². The van der Waals surface area contributed by atoms with Gasteiger partial charge in [0.05, 0.1) is 10.0 Å². The molecule has 88 valence electrons. The minimum absolute atomic E-state index is 0.0201. The van der Waals surface area contributed by atoms with Gasteiger partial charge in [-0.1, -0.05) is 23.2 Å². The van der Waals surface area contributed by atoms with Crippen molar-refractivity contribution in [3.63, 3.8) is 0 Å². The zero-order valence-electron chi connectivity index (χ0n) is 8.41. The van der Waals surface area contributed by atoms with Crippen molar-refractivity contribution in [2.24, 2.45) is 16.5 Å². The van der Waals surface area contributed by atoms with Crippen LogP contribution in [0.3, 0.4) is 0 Å². The van der Waals surface area contributed by atoms with Crippen molar-refractivity contribution in [3.8, 4) is 0 Å². The van der Waals surface area contributed by atoms with Crippen LogP contribution in [0.15, 0.2) is 27.6 Å². The van der Waals surface area contributed by atoms with Crippen molar-refractivity contribution < 1.29 is 9.21 Å². The smallest absolute Gasteiger partial charge is 0.315 e. The fourth-order valence-electron chi connectivity index (χ4n) is 1.31. The highest BCUT2D eigenvalue weighted by Gasteiger charge is 2.13. The van der Waals surface area contributed by atoms with Crippen molar-refractivity contribution in [3.05, 3.63) is 34.0 Å². The van der Waals surface area contributed by atoms with Gasteiger partial charge in [-0.15, -0.1) is 0 Å². The molecule has 2 aromatic rings. The predicted molar refractivity (Wildman–Crippen MR) is 66.4 cm³/mol. The number of amides is 1. The second-order valence-electron chi connectivity index (χ2n) is 3.26. The lowest BCUT2D eigenvalue weighted by Gasteiger charge is -1.93. The summed E-state index contributed by atoms with van der Waals surface area (Å²) in [4.78, 5) is 14.8. The SMILES string of the molecule is NC(N)=NC(=O)c1cc2cc(Cl)c(Cl)cc2o1. The minimum atomic E-state index is -0.659. The lowest BCUT2D eigenvalue weighted by atomic mass is 10.2. The van der Waals surface area contributed by atoms with Gasteiger partial charge in [-0.25, -0.2) is 0 Å². The van der Waals surface area contributed by atoms with E-state index in [9.17, 15) is 4.79 Å². The molecule has 1 amide bonds. The summed E-state index contributed by atoms with van der Waals surface area (Å²) < 4.78 is 5.26. The summed E-state index contributed by atoms with van der Waals surface area (Å²) in [6.45, 7) is 0. The third kappa shape index (κ3) is 2.35. The van der Waals surface area contributed by atoms with Gasteiger partial charge in [-0.2, -0.15) is 4.99 Å². The molecular formula is C10H7Cl2N3O2. The second kappa shape index (κ2) is 4.27. The third-order valence-corrected chi connectivity index (χ3v) is 2.72. The molecule has 0 aliphatic heterocycles. The number of fused-ring (bicyclic) bond motifs is 1. The van der Waals surface area contributed by atoms with Crippen molar-refractivity contribution in [2.45, 2.75) is 0 Å². The Morgan fingerprint density at radius 1 is 1.18 bits per heavy atom. The zero-order chi connectivity index (χ0) is 12.6. The van der Waals surface area contributed by atoms with Gasteiger partial charge in [0.25, 0.3) is 0 Å². The number of hydrogen-bond acceptors (Lipinski definition) is 2. The minimum Gasteiger partial charge on any atom is -0.451 e. The third-order valence-electron chi connectivity index (χ3n) is 2.00. The van der Waals surface area contributed by atoms with Crippen molar-refractivity contribution >= 4 is 46.0 Å². The van der Waals surface area contributed by atoms with Crippen LogP contribution in [0.1, 0.15) is 10.6 Å². The largest absolute Gasteiger partial charge is 0.451 e. The van der Waals surface area contributed by atoms with Gasteiger partial charge >= 0.3 is 5.91 Å². The van der Waals surface area contributed by atoms with E-state index in [2.05, 4.69) is 4.99 Å². The Hall–Kier alpha value is -1.72. The summed E-state index contributed by atoms with van der Waals surface area (Å²) >= 11 is 11.7. The number of guanidine groups is 1. The first-order chi connectivity index (χ1) is 7.97. The van der Waals surface area contributed by atoms with Crippen LogP contribution < -0.4 is 11.5 Å². The Balaban J connectivity index is 2.52. The number of benzene rings is 1. The molecule has 0 aliphatic carbocycles. The van der Waals surface area contributed by atoms with Gasteiger partial charge in [-0.3, -0.25) is 4.79 Å². The Kier molecular flexibility index (Phi) is 2.95. The number of halogens is 2. The maximum absolute atomic E-state index is 11.5. The Bertz CT molecular complexity index is 591. The van der Waals surface area contributed by atoms with Crippen LogP contribution in [0.2, 0.25) is 10.0 Å². The molecule has 0 aliphatic rings. The average Bonchev–Trinajstić information content (AvgIpc) is 2.60. The molecule has 0 unspecified atom stereocenters. The molecule has 2 rings (SSSR count). The van der Waals surface area contributed by atoms with Gasteiger partial charge in [0.15, 0.2) is 11.7 Å². The van der Waals surface area contributed by atoms with Crippen LogP contribution in [-0.2, 0) is 0 Å². The van der Waals surface area contributed by atoms with E-state index in [1.54, 1.807) is 6.07 Å². The molecular weight excluding hydrogens is 265 g/mol. The number of aliphatic imine (C=N–C) groups is 1. The Labute approximate surface area is 106 Å². The number of rotatable bonds is 1. The molecule has 0 bridgehead atoms. The molecule has 1 heterocycles. The highest BCUT2D eigenvalue weighted by atomic mass is 35.5. The molecule has 1 aromatic heterocycles. The summed E-state index contributed by atoms with van der Waals surface area (Å²) in [5, 5.41) is 1.36. The highest BCUT2D eigenvalue weighted by Crippen LogP contribution is 2.29. The summed E-state index contributed by atoms with van der Waals surface area (Å²) in [6, 6.07) is 4.60. The molecule has 0 spiro atoms. The molecule has 0 saturated heterocycles. The normalized spacial score (nSPS) is 10.5. The van der Waals surface area contributed by atoms with Gasteiger partial charge in [-0.05, 0) is 12.1 Å². The summed E-state index contributed by atoms with van der Waals surface area (Å²) in [6.07, 6.45) is 0.